The molecule has 18 heavy (non-hydrogen) atoms. The Kier molecular flexibility index (Phi) is 2.11. The molecule has 1 amide bonds. The zero-order chi connectivity index (χ0) is 12.3. The second-order valence-corrected chi connectivity index (χ2v) is 6.50. The van der Waals surface area contributed by atoms with E-state index in [-0.39, 0.29) is 17.5 Å². The zero-order valence-electron chi connectivity index (χ0n) is 10.1. The van der Waals surface area contributed by atoms with Gasteiger partial charge >= 0.3 is 0 Å². The molecular formula is C14H15BrN2O. The first-order valence-electron chi connectivity index (χ1n) is 6.58. The molecule has 1 unspecified atom stereocenters. The van der Waals surface area contributed by atoms with E-state index in [0.29, 0.717) is 0 Å². The maximum atomic E-state index is 12.3. The molecular weight excluding hydrogens is 292 g/mol. The van der Waals surface area contributed by atoms with Crippen molar-refractivity contribution in [3.63, 3.8) is 0 Å². The van der Waals surface area contributed by atoms with Gasteiger partial charge in [-0.15, -0.1) is 0 Å². The molecule has 2 aliphatic heterocycles. The Hall–Kier alpha value is -1.03. The highest BCUT2D eigenvalue weighted by molar-refractivity contribution is 9.10. The molecule has 1 saturated carbocycles. The summed E-state index contributed by atoms with van der Waals surface area (Å²) >= 11 is 3.55. The van der Waals surface area contributed by atoms with Crippen LogP contribution in [0.4, 0.5) is 5.69 Å². The highest BCUT2D eigenvalue weighted by atomic mass is 79.9. The van der Waals surface area contributed by atoms with Crippen molar-refractivity contribution in [3.05, 3.63) is 28.2 Å². The topological polar surface area (TPSA) is 32.3 Å². The molecule has 0 aromatic heterocycles. The third kappa shape index (κ3) is 1.38. The summed E-state index contributed by atoms with van der Waals surface area (Å²) in [5.41, 5.74) is 2.50. The van der Waals surface area contributed by atoms with Crippen molar-refractivity contribution in [1.29, 1.82) is 0 Å². The molecule has 4 heteroatoms. The van der Waals surface area contributed by atoms with Crippen molar-refractivity contribution in [1.82, 2.24) is 5.32 Å². The normalized spacial score (nSPS) is 27.5. The summed E-state index contributed by atoms with van der Waals surface area (Å²) in [6, 6.07) is 6.47. The fourth-order valence-electron chi connectivity index (χ4n) is 3.38. The first-order valence-corrected chi connectivity index (χ1v) is 7.38. The van der Waals surface area contributed by atoms with Gasteiger partial charge in [0.25, 0.3) is 0 Å². The van der Waals surface area contributed by atoms with Gasteiger partial charge in [-0.2, -0.15) is 0 Å². The fourth-order valence-corrected chi connectivity index (χ4v) is 3.73. The monoisotopic (exact) mass is 306 g/mol. The van der Waals surface area contributed by atoms with Crippen molar-refractivity contribution in [2.45, 2.75) is 37.3 Å². The van der Waals surface area contributed by atoms with Crippen LogP contribution in [0.25, 0.3) is 0 Å². The summed E-state index contributed by atoms with van der Waals surface area (Å²) in [5.74, 6) is 0.220. The predicted octanol–water partition coefficient (Wildman–Crippen LogP) is 2.54. The molecule has 0 bridgehead atoms. The average Bonchev–Trinajstić information content (AvgIpc) is 2.97. The minimum atomic E-state index is -0.0581. The van der Waals surface area contributed by atoms with Gasteiger partial charge < -0.3 is 10.2 Å². The van der Waals surface area contributed by atoms with Crippen molar-refractivity contribution in [2.75, 3.05) is 11.4 Å². The molecule has 1 saturated heterocycles. The van der Waals surface area contributed by atoms with Crippen molar-refractivity contribution in [2.24, 2.45) is 0 Å². The number of benzene rings is 1. The van der Waals surface area contributed by atoms with E-state index < -0.39 is 0 Å². The van der Waals surface area contributed by atoms with Crippen molar-refractivity contribution >= 4 is 27.5 Å². The van der Waals surface area contributed by atoms with Crippen LogP contribution in [-0.4, -0.2) is 18.5 Å². The van der Waals surface area contributed by atoms with Gasteiger partial charge in [0.05, 0.1) is 5.54 Å². The summed E-state index contributed by atoms with van der Waals surface area (Å²) in [6.07, 6.45) is 4.24. The standard InChI is InChI=1S/C14H15BrN2O/c15-9-3-4-10-12(8-9)17-7-1-2-11(17)13(18)16-14(10)5-6-14/h3-4,8,11H,1-2,5-7H2,(H,16,18). The molecule has 3 aliphatic rings. The van der Waals surface area contributed by atoms with E-state index in [1.54, 1.807) is 0 Å². The van der Waals surface area contributed by atoms with Crippen LogP contribution < -0.4 is 10.2 Å². The van der Waals surface area contributed by atoms with Gasteiger partial charge in [0.2, 0.25) is 5.91 Å². The van der Waals surface area contributed by atoms with E-state index in [2.05, 4.69) is 44.3 Å². The molecule has 1 aromatic carbocycles. The van der Waals surface area contributed by atoms with Crippen LogP contribution in [0.1, 0.15) is 31.2 Å². The van der Waals surface area contributed by atoms with Gasteiger partial charge in [-0.3, -0.25) is 4.79 Å². The summed E-state index contributed by atoms with van der Waals surface area (Å²) < 4.78 is 1.09. The second kappa shape index (κ2) is 3.50. The van der Waals surface area contributed by atoms with E-state index in [1.165, 1.54) is 11.3 Å². The van der Waals surface area contributed by atoms with Gasteiger partial charge in [-0.25, -0.2) is 0 Å². The predicted molar refractivity (Wildman–Crippen MR) is 73.6 cm³/mol. The number of nitrogens with zero attached hydrogens (tertiary/aromatic N) is 1. The molecule has 3 nitrogen and oxygen atoms in total. The maximum absolute atomic E-state index is 12.3. The van der Waals surface area contributed by atoms with Gasteiger partial charge in [0, 0.05) is 22.3 Å². The lowest BCUT2D eigenvalue weighted by Crippen LogP contribution is -2.43. The molecule has 94 valence electrons. The van der Waals surface area contributed by atoms with Crippen LogP contribution in [-0.2, 0) is 10.3 Å². The molecule has 1 N–H and O–H groups in total. The zero-order valence-corrected chi connectivity index (χ0v) is 11.7. The third-order valence-corrected chi connectivity index (χ3v) is 4.95. The molecule has 1 aromatic rings. The molecule has 1 spiro atoms. The number of rotatable bonds is 0. The molecule has 2 heterocycles. The molecule has 1 aliphatic carbocycles. The highest BCUT2D eigenvalue weighted by Crippen LogP contribution is 2.52. The summed E-state index contributed by atoms with van der Waals surface area (Å²) in [6.45, 7) is 0.998. The highest BCUT2D eigenvalue weighted by Gasteiger charge is 2.51. The van der Waals surface area contributed by atoms with Crippen molar-refractivity contribution < 1.29 is 4.79 Å². The quantitative estimate of drug-likeness (QED) is 0.799. The minimum Gasteiger partial charge on any atom is -0.359 e. The average molecular weight is 307 g/mol. The van der Waals surface area contributed by atoms with Crippen LogP contribution in [0, 0.1) is 0 Å². The van der Waals surface area contributed by atoms with E-state index in [9.17, 15) is 4.79 Å². The summed E-state index contributed by atoms with van der Waals surface area (Å²) in [5, 5.41) is 3.28. The van der Waals surface area contributed by atoms with Gasteiger partial charge in [0.1, 0.15) is 6.04 Å². The van der Waals surface area contributed by atoms with Crippen LogP contribution in [0.3, 0.4) is 0 Å². The lowest BCUT2D eigenvalue weighted by Gasteiger charge is -2.24. The summed E-state index contributed by atoms with van der Waals surface area (Å²) in [7, 11) is 0. The maximum Gasteiger partial charge on any atom is 0.243 e. The summed E-state index contributed by atoms with van der Waals surface area (Å²) in [4.78, 5) is 14.6. The number of carbonyl (C=O) groups excluding carboxylic acids is 1. The van der Waals surface area contributed by atoms with Gasteiger partial charge in [-0.05, 0) is 37.8 Å². The number of fused-ring (bicyclic) bond motifs is 4. The Balaban J connectivity index is 1.92. The Morgan fingerprint density at radius 1 is 1.39 bits per heavy atom. The second-order valence-electron chi connectivity index (χ2n) is 5.58. The van der Waals surface area contributed by atoms with Gasteiger partial charge in [0.15, 0.2) is 0 Å². The Bertz CT molecular complexity index is 539. The molecule has 0 radical (unpaired) electrons. The Labute approximate surface area is 115 Å². The molecule has 1 atom stereocenters. The number of carbonyl (C=O) groups is 1. The fraction of sp³-hybridized carbons (Fsp3) is 0.500. The van der Waals surface area contributed by atoms with E-state index in [1.807, 2.05) is 0 Å². The number of hydrogen-bond donors (Lipinski definition) is 1. The lowest BCUT2D eigenvalue weighted by molar-refractivity contribution is -0.123. The minimum absolute atomic E-state index is 0.0398. The van der Waals surface area contributed by atoms with Crippen LogP contribution in [0.15, 0.2) is 22.7 Å². The lowest BCUT2D eigenvalue weighted by atomic mass is 10.0. The molecule has 4 rings (SSSR count). The smallest absolute Gasteiger partial charge is 0.243 e. The number of hydrogen-bond acceptors (Lipinski definition) is 2. The number of nitrogens with one attached hydrogen (secondary N) is 1. The third-order valence-electron chi connectivity index (χ3n) is 4.45. The number of anilines is 1. The number of halogens is 1. The molecule has 2 fully saturated rings. The first kappa shape index (κ1) is 10.9. The van der Waals surface area contributed by atoms with Crippen molar-refractivity contribution in [3.8, 4) is 0 Å². The van der Waals surface area contributed by atoms with Gasteiger partial charge in [-0.1, -0.05) is 22.0 Å². The van der Waals surface area contributed by atoms with Crippen LogP contribution >= 0.6 is 15.9 Å². The number of amides is 1. The Morgan fingerprint density at radius 2 is 2.22 bits per heavy atom. The van der Waals surface area contributed by atoms with Crippen LogP contribution in [0.5, 0.6) is 0 Å². The van der Waals surface area contributed by atoms with E-state index in [4.69, 9.17) is 0 Å². The van der Waals surface area contributed by atoms with E-state index in [0.717, 1.165) is 36.7 Å². The first-order chi connectivity index (χ1) is 8.70. The Morgan fingerprint density at radius 3 is 3.00 bits per heavy atom. The SMILES string of the molecule is O=C1NC2(CC2)c2ccc(Br)cc2N2CCCC12. The van der Waals surface area contributed by atoms with Crippen LogP contribution in [0.2, 0.25) is 0 Å². The largest absolute Gasteiger partial charge is 0.359 e. The van der Waals surface area contributed by atoms with E-state index >= 15 is 0 Å².